The molecule has 1 aromatic rings. The average molecular weight is 304 g/mol. The number of aliphatic imine (C=N–C) groups is 1. The molecule has 1 heterocycles. The SMILES string of the molecule is CSC(=O)N1CC2(CCCC2)COC1=Nc1ccccc1. The van der Waals surface area contributed by atoms with Crippen molar-refractivity contribution in [3.05, 3.63) is 30.3 Å². The number of rotatable bonds is 1. The third-order valence-corrected chi connectivity index (χ3v) is 4.84. The zero-order valence-corrected chi connectivity index (χ0v) is 13.1. The highest BCUT2D eigenvalue weighted by atomic mass is 32.2. The lowest BCUT2D eigenvalue weighted by Gasteiger charge is -2.40. The zero-order valence-electron chi connectivity index (χ0n) is 12.2. The molecule has 5 heteroatoms. The van der Waals surface area contributed by atoms with Crippen molar-refractivity contribution >= 4 is 28.7 Å². The highest BCUT2D eigenvalue weighted by Crippen LogP contribution is 2.42. The predicted molar refractivity (Wildman–Crippen MR) is 86.0 cm³/mol. The van der Waals surface area contributed by atoms with Crippen LogP contribution in [0, 0.1) is 5.41 Å². The van der Waals surface area contributed by atoms with E-state index < -0.39 is 0 Å². The van der Waals surface area contributed by atoms with E-state index in [0.29, 0.717) is 12.6 Å². The summed E-state index contributed by atoms with van der Waals surface area (Å²) >= 11 is 1.21. The van der Waals surface area contributed by atoms with Gasteiger partial charge in [0.15, 0.2) is 0 Å². The van der Waals surface area contributed by atoms with Crippen molar-refractivity contribution < 1.29 is 9.53 Å². The van der Waals surface area contributed by atoms with Gasteiger partial charge in [0.25, 0.3) is 11.3 Å². The average Bonchev–Trinajstić information content (AvgIpc) is 2.98. The summed E-state index contributed by atoms with van der Waals surface area (Å²) in [5.41, 5.74) is 0.954. The molecule has 3 rings (SSSR count). The molecule has 2 aliphatic rings. The lowest BCUT2D eigenvalue weighted by molar-refractivity contribution is 0.0622. The fourth-order valence-electron chi connectivity index (χ4n) is 3.13. The molecule has 1 amide bonds. The fourth-order valence-corrected chi connectivity index (χ4v) is 3.49. The molecule has 0 aromatic heterocycles. The van der Waals surface area contributed by atoms with Crippen molar-refractivity contribution in [1.29, 1.82) is 0 Å². The number of benzene rings is 1. The Labute approximate surface area is 129 Å². The third kappa shape index (κ3) is 3.07. The highest BCUT2D eigenvalue weighted by Gasteiger charge is 2.43. The van der Waals surface area contributed by atoms with Gasteiger partial charge in [0, 0.05) is 12.0 Å². The fraction of sp³-hybridized carbons (Fsp3) is 0.500. The van der Waals surface area contributed by atoms with Gasteiger partial charge < -0.3 is 4.74 Å². The van der Waals surface area contributed by atoms with Gasteiger partial charge in [-0.05, 0) is 31.2 Å². The Hall–Kier alpha value is -1.49. The summed E-state index contributed by atoms with van der Waals surface area (Å²) in [4.78, 5) is 18.5. The predicted octanol–water partition coefficient (Wildman–Crippen LogP) is 4.05. The normalized spacial score (nSPS) is 22.5. The number of ether oxygens (including phenoxy) is 1. The van der Waals surface area contributed by atoms with E-state index in [1.807, 2.05) is 30.3 Å². The standard InChI is InChI=1S/C16H20N2O2S/c1-21-15(19)18-11-16(9-5-6-10-16)12-20-14(18)17-13-7-3-2-4-8-13/h2-4,7-8H,5-6,9-12H2,1H3. The maximum atomic E-state index is 12.2. The second kappa shape index (κ2) is 6.10. The number of hydrogen-bond donors (Lipinski definition) is 0. The van der Waals surface area contributed by atoms with Gasteiger partial charge in [0.1, 0.15) is 0 Å². The summed E-state index contributed by atoms with van der Waals surface area (Å²) in [6.45, 7) is 1.41. The van der Waals surface area contributed by atoms with Crippen molar-refractivity contribution in [2.75, 3.05) is 19.4 Å². The Balaban J connectivity index is 1.86. The smallest absolute Gasteiger partial charge is 0.300 e. The molecule has 21 heavy (non-hydrogen) atoms. The van der Waals surface area contributed by atoms with E-state index in [-0.39, 0.29) is 10.7 Å². The van der Waals surface area contributed by atoms with Crippen LogP contribution in [0.25, 0.3) is 0 Å². The molecule has 1 saturated heterocycles. The second-order valence-corrected chi connectivity index (χ2v) is 6.54. The van der Waals surface area contributed by atoms with Crippen LogP contribution in [0.1, 0.15) is 25.7 Å². The molecule has 1 saturated carbocycles. The van der Waals surface area contributed by atoms with Gasteiger partial charge in [0.05, 0.1) is 12.3 Å². The minimum Gasteiger partial charge on any atom is -0.464 e. The molecule has 4 nitrogen and oxygen atoms in total. The van der Waals surface area contributed by atoms with Crippen LogP contribution in [0.4, 0.5) is 10.5 Å². The van der Waals surface area contributed by atoms with E-state index in [1.54, 1.807) is 11.2 Å². The minimum atomic E-state index is 0.00987. The molecule has 0 bridgehead atoms. The summed E-state index contributed by atoms with van der Waals surface area (Å²) in [5, 5.41) is 0.00987. The second-order valence-electron chi connectivity index (χ2n) is 5.78. The van der Waals surface area contributed by atoms with Crippen LogP contribution in [-0.2, 0) is 4.74 Å². The molecule has 1 aromatic carbocycles. The first-order chi connectivity index (χ1) is 10.2. The third-order valence-electron chi connectivity index (χ3n) is 4.27. The van der Waals surface area contributed by atoms with Crippen LogP contribution in [0.3, 0.4) is 0 Å². The van der Waals surface area contributed by atoms with Gasteiger partial charge in [-0.25, -0.2) is 0 Å². The van der Waals surface area contributed by atoms with Crippen LogP contribution in [0.5, 0.6) is 0 Å². The summed E-state index contributed by atoms with van der Waals surface area (Å²) < 4.78 is 5.90. The largest absolute Gasteiger partial charge is 0.464 e. The molecule has 112 valence electrons. The lowest BCUT2D eigenvalue weighted by atomic mass is 9.86. The van der Waals surface area contributed by atoms with Gasteiger partial charge in [-0.3, -0.25) is 9.69 Å². The molecular weight excluding hydrogens is 284 g/mol. The molecule has 0 N–H and O–H groups in total. The lowest BCUT2D eigenvalue weighted by Crippen LogP contribution is -2.50. The summed E-state index contributed by atoms with van der Waals surface area (Å²) in [6, 6.07) is 10.1. The Morgan fingerprint density at radius 3 is 2.67 bits per heavy atom. The quantitative estimate of drug-likeness (QED) is 0.786. The first-order valence-corrected chi connectivity index (χ1v) is 8.57. The van der Waals surface area contributed by atoms with Crippen molar-refractivity contribution in [1.82, 2.24) is 4.90 Å². The first kappa shape index (κ1) is 14.4. The van der Waals surface area contributed by atoms with Crippen molar-refractivity contribution in [2.45, 2.75) is 25.7 Å². The van der Waals surface area contributed by atoms with E-state index in [4.69, 9.17) is 4.74 Å². The van der Waals surface area contributed by atoms with Gasteiger partial charge in [-0.1, -0.05) is 42.8 Å². The maximum absolute atomic E-state index is 12.2. The van der Waals surface area contributed by atoms with Crippen LogP contribution in [0.15, 0.2) is 35.3 Å². The topological polar surface area (TPSA) is 41.9 Å². The highest BCUT2D eigenvalue weighted by molar-refractivity contribution is 8.12. The van der Waals surface area contributed by atoms with E-state index in [0.717, 1.165) is 25.1 Å². The van der Waals surface area contributed by atoms with E-state index in [1.165, 1.54) is 24.6 Å². The Morgan fingerprint density at radius 1 is 1.29 bits per heavy atom. The monoisotopic (exact) mass is 304 g/mol. The molecule has 1 aliphatic carbocycles. The summed E-state index contributed by atoms with van der Waals surface area (Å²) in [5.74, 6) is 0. The molecule has 0 radical (unpaired) electrons. The number of amides is 1. The molecule has 0 unspecified atom stereocenters. The Kier molecular flexibility index (Phi) is 4.19. The van der Waals surface area contributed by atoms with E-state index in [9.17, 15) is 4.79 Å². The molecule has 0 atom stereocenters. The number of para-hydroxylation sites is 1. The van der Waals surface area contributed by atoms with Gasteiger partial charge in [-0.2, -0.15) is 4.99 Å². The van der Waals surface area contributed by atoms with Crippen LogP contribution in [-0.4, -0.2) is 35.6 Å². The van der Waals surface area contributed by atoms with E-state index in [2.05, 4.69) is 4.99 Å². The van der Waals surface area contributed by atoms with Crippen LogP contribution in [0.2, 0.25) is 0 Å². The van der Waals surface area contributed by atoms with E-state index >= 15 is 0 Å². The maximum Gasteiger partial charge on any atom is 0.300 e. The van der Waals surface area contributed by atoms with Crippen LogP contribution >= 0.6 is 11.8 Å². The number of thioether (sulfide) groups is 1. The summed E-state index contributed by atoms with van der Waals surface area (Å²) in [6.07, 6.45) is 6.55. The summed E-state index contributed by atoms with van der Waals surface area (Å²) in [7, 11) is 0. The molecule has 1 spiro atoms. The van der Waals surface area contributed by atoms with Crippen molar-refractivity contribution in [2.24, 2.45) is 10.4 Å². The Morgan fingerprint density at radius 2 is 2.00 bits per heavy atom. The Bertz CT molecular complexity index is 538. The van der Waals surface area contributed by atoms with Crippen molar-refractivity contribution in [3.8, 4) is 0 Å². The minimum absolute atomic E-state index is 0.00987. The first-order valence-electron chi connectivity index (χ1n) is 7.34. The number of hydrogen-bond acceptors (Lipinski definition) is 4. The van der Waals surface area contributed by atoms with Gasteiger partial charge in [-0.15, -0.1) is 0 Å². The molecule has 1 aliphatic heterocycles. The van der Waals surface area contributed by atoms with Crippen LogP contribution < -0.4 is 0 Å². The zero-order chi connectivity index (χ0) is 14.7. The number of carbonyl (C=O) groups excluding carboxylic acids is 1. The van der Waals surface area contributed by atoms with Gasteiger partial charge in [0.2, 0.25) is 0 Å². The molecule has 2 fully saturated rings. The van der Waals surface area contributed by atoms with Crippen molar-refractivity contribution in [3.63, 3.8) is 0 Å². The van der Waals surface area contributed by atoms with Gasteiger partial charge >= 0.3 is 0 Å². The number of carbonyl (C=O) groups is 1. The number of nitrogens with zero attached hydrogens (tertiary/aromatic N) is 2. The number of amidine groups is 1. The molecular formula is C16H20N2O2S.